The van der Waals surface area contributed by atoms with Gasteiger partial charge >= 0.3 is 0 Å². The summed E-state index contributed by atoms with van der Waals surface area (Å²) in [5.74, 6) is 1.54. The molecule has 0 atom stereocenters. The summed E-state index contributed by atoms with van der Waals surface area (Å²) < 4.78 is 2.33. The average molecular weight is 409 g/mol. The van der Waals surface area contributed by atoms with Crippen LogP contribution in [0.1, 0.15) is 54.1 Å². The van der Waals surface area contributed by atoms with Crippen molar-refractivity contribution in [1.82, 2.24) is 9.97 Å². The van der Waals surface area contributed by atoms with E-state index in [0.717, 1.165) is 11.4 Å². The van der Waals surface area contributed by atoms with Crippen molar-refractivity contribution in [2.24, 2.45) is 7.05 Å². The molecular formula is C28H30N3+. The van der Waals surface area contributed by atoms with E-state index >= 15 is 0 Å². The van der Waals surface area contributed by atoms with Crippen molar-refractivity contribution in [2.75, 3.05) is 0 Å². The Morgan fingerprint density at radius 3 is 2.32 bits per heavy atom. The van der Waals surface area contributed by atoms with Crippen LogP contribution in [0, 0.1) is 20.8 Å². The molecule has 0 radical (unpaired) electrons. The maximum absolute atomic E-state index is 4.82. The lowest BCUT2D eigenvalue weighted by Gasteiger charge is -2.15. The summed E-state index contributed by atoms with van der Waals surface area (Å²) in [6.45, 7) is 6.60. The van der Waals surface area contributed by atoms with Gasteiger partial charge in [-0.3, -0.25) is 0 Å². The number of nitrogens with zero attached hydrogens (tertiary/aromatic N) is 3. The van der Waals surface area contributed by atoms with Gasteiger partial charge in [0.1, 0.15) is 12.9 Å². The fourth-order valence-electron chi connectivity index (χ4n) is 5.14. The van der Waals surface area contributed by atoms with Gasteiger partial charge in [-0.25, -0.2) is 9.97 Å². The second-order valence-electron chi connectivity index (χ2n) is 9.09. The van der Waals surface area contributed by atoms with Gasteiger partial charge in [-0.1, -0.05) is 36.6 Å². The summed E-state index contributed by atoms with van der Waals surface area (Å²) in [5.41, 5.74) is 9.92. The zero-order valence-electron chi connectivity index (χ0n) is 18.9. The molecule has 2 aromatic carbocycles. The number of pyridine rings is 1. The summed E-state index contributed by atoms with van der Waals surface area (Å²) in [7, 11) is 2.17. The molecule has 31 heavy (non-hydrogen) atoms. The molecule has 1 aliphatic rings. The van der Waals surface area contributed by atoms with Crippen LogP contribution in [0.5, 0.6) is 0 Å². The Bertz CT molecular complexity index is 1270. The molecule has 2 aromatic heterocycles. The fourth-order valence-corrected chi connectivity index (χ4v) is 5.14. The molecule has 3 heteroatoms. The number of aryl methyl sites for hydroxylation is 3. The first kappa shape index (κ1) is 19.9. The zero-order valence-corrected chi connectivity index (χ0v) is 18.9. The molecule has 0 saturated heterocycles. The van der Waals surface area contributed by atoms with Crippen LogP contribution in [0.25, 0.3) is 33.3 Å². The van der Waals surface area contributed by atoms with Gasteiger partial charge in [0.25, 0.3) is 0 Å². The molecule has 0 spiro atoms. The van der Waals surface area contributed by atoms with Crippen molar-refractivity contribution in [3.63, 3.8) is 0 Å². The summed E-state index contributed by atoms with van der Waals surface area (Å²) in [6.07, 6.45) is 9.10. The molecule has 0 aliphatic heterocycles. The van der Waals surface area contributed by atoms with Gasteiger partial charge < -0.3 is 0 Å². The van der Waals surface area contributed by atoms with Crippen LogP contribution in [0.15, 0.2) is 54.9 Å². The highest BCUT2D eigenvalue weighted by atomic mass is 14.9. The summed E-state index contributed by atoms with van der Waals surface area (Å²) >= 11 is 0. The highest BCUT2D eigenvalue weighted by Crippen LogP contribution is 2.36. The van der Waals surface area contributed by atoms with E-state index in [1.165, 1.54) is 70.1 Å². The molecule has 0 amide bonds. The molecular weight excluding hydrogens is 378 g/mol. The number of para-hydroxylation sites is 1. The minimum absolute atomic E-state index is 0.530. The lowest BCUT2D eigenvalue weighted by atomic mass is 9.92. The van der Waals surface area contributed by atoms with Gasteiger partial charge in [0.05, 0.1) is 11.1 Å². The first-order valence-electron chi connectivity index (χ1n) is 11.3. The number of rotatable bonds is 3. The van der Waals surface area contributed by atoms with E-state index in [9.17, 15) is 0 Å². The van der Waals surface area contributed by atoms with E-state index in [1.807, 2.05) is 12.4 Å². The molecule has 3 nitrogen and oxygen atoms in total. The molecule has 5 rings (SSSR count). The van der Waals surface area contributed by atoms with Crippen LogP contribution in [-0.2, 0) is 7.05 Å². The molecule has 4 aromatic rings. The Labute approximate surface area is 184 Å². The van der Waals surface area contributed by atoms with E-state index in [1.54, 1.807) is 0 Å². The van der Waals surface area contributed by atoms with Crippen LogP contribution >= 0.6 is 0 Å². The second-order valence-corrected chi connectivity index (χ2v) is 9.09. The Hall–Kier alpha value is -3.07. The number of fused-ring (bicyclic) bond motifs is 1. The predicted octanol–water partition coefficient (Wildman–Crippen LogP) is 6.37. The van der Waals surface area contributed by atoms with E-state index in [4.69, 9.17) is 9.97 Å². The van der Waals surface area contributed by atoms with E-state index < -0.39 is 0 Å². The number of benzene rings is 2. The van der Waals surface area contributed by atoms with E-state index in [2.05, 4.69) is 74.9 Å². The molecule has 1 fully saturated rings. The second kappa shape index (κ2) is 7.88. The first-order valence-corrected chi connectivity index (χ1v) is 11.3. The highest BCUT2D eigenvalue weighted by molar-refractivity contribution is 5.88. The number of hydrogen-bond donors (Lipinski definition) is 0. The Morgan fingerprint density at radius 1 is 0.871 bits per heavy atom. The summed E-state index contributed by atoms with van der Waals surface area (Å²) in [6, 6.07) is 15.5. The van der Waals surface area contributed by atoms with Gasteiger partial charge in [0.15, 0.2) is 0 Å². The largest absolute Gasteiger partial charge is 0.240 e. The lowest BCUT2D eigenvalue weighted by molar-refractivity contribution is -0.633. The van der Waals surface area contributed by atoms with Crippen LogP contribution in [0.2, 0.25) is 0 Å². The quantitative estimate of drug-likeness (QED) is 0.369. The molecule has 2 heterocycles. The van der Waals surface area contributed by atoms with Gasteiger partial charge in [-0.2, -0.15) is 4.57 Å². The standard InChI is InChI=1S/C28H30N3/c1-18-13-19(2)20(3)24(14-18)27-25(15-22-11-7-8-12-26(22)31(27)4)23-16-29-28(30-17-23)21-9-5-6-10-21/h7-8,11-17,21H,5-6,9-10H2,1-4H3/q+1. The van der Waals surface area contributed by atoms with Crippen LogP contribution in [0.3, 0.4) is 0 Å². The predicted molar refractivity (Wildman–Crippen MR) is 127 cm³/mol. The number of aromatic nitrogens is 3. The summed E-state index contributed by atoms with van der Waals surface area (Å²) in [5, 5.41) is 1.23. The van der Waals surface area contributed by atoms with Crippen molar-refractivity contribution in [1.29, 1.82) is 0 Å². The van der Waals surface area contributed by atoms with Gasteiger partial charge in [0, 0.05) is 35.3 Å². The highest BCUT2D eigenvalue weighted by Gasteiger charge is 2.25. The molecule has 0 bridgehead atoms. The minimum Gasteiger partial charge on any atom is -0.240 e. The third-order valence-corrected chi connectivity index (χ3v) is 6.96. The SMILES string of the molecule is Cc1cc(C)c(C)c(-c2c(-c3cnc(C4CCCC4)nc3)cc3ccccc3[n+]2C)c1. The van der Waals surface area contributed by atoms with Gasteiger partial charge in [-0.15, -0.1) is 0 Å². The smallest absolute Gasteiger partial charge is 0.221 e. The lowest BCUT2D eigenvalue weighted by Crippen LogP contribution is -2.33. The Balaban J connectivity index is 1.75. The minimum atomic E-state index is 0.530. The van der Waals surface area contributed by atoms with E-state index in [-0.39, 0.29) is 0 Å². The average Bonchev–Trinajstić information content (AvgIpc) is 3.32. The van der Waals surface area contributed by atoms with Crippen LogP contribution in [0.4, 0.5) is 0 Å². The van der Waals surface area contributed by atoms with Crippen molar-refractivity contribution >= 4 is 10.9 Å². The van der Waals surface area contributed by atoms with Gasteiger partial charge in [-0.05, 0) is 62.9 Å². The normalized spacial score (nSPS) is 14.5. The molecule has 1 aliphatic carbocycles. The molecule has 0 N–H and O–H groups in total. The van der Waals surface area contributed by atoms with Crippen LogP contribution < -0.4 is 4.57 Å². The van der Waals surface area contributed by atoms with Crippen molar-refractivity contribution in [2.45, 2.75) is 52.4 Å². The third kappa shape index (κ3) is 3.52. The van der Waals surface area contributed by atoms with Gasteiger partial charge in [0.2, 0.25) is 11.2 Å². The topological polar surface area (TPSA) is 29.7 Å². The molecule has 0 unspecified atom stereocenters. The maximum Gasteiger partial charge on any atom is 0.221 e. The monoisotopic (exact) mass is 408 g/mol. The van der Waals surface area contributed by atoms with E-state index in [0.29, 0.717) is 5.92 Å². The molecule has 156 valence electrons. The summed E-state index contributed by atoms with van der Waals surface area (Å²) in [4.78, 5) is 9.64. The van der Waals surface area contributed by atoms with Crippen LogP contribution in [-0.4, -0.2) is 9.97 Å². The van der Waals surface area contributed by atoms with Crippen molar-refractivity contribution in [3.05, 3.63) is 77.4 Å². The van der Waals surface area contributed by atoms with Crippen molar-refractivity contribution < 1.29 is 4.57 Å². The zero-order chi connectivity index (χ0) is 21.5. The fraction of sp³-hybridized carbons (Fsp3) is 0.321. The Morgan fingerprint density at radius 2 is 1.58 bits per heavy atom. The molecule has 1 saturated carbocycles. The Kier molecular flexibility index (Phi) is 5.05. The van der Waals surface area contributed by atoms with Crippen molar-refractivity contribution in [3.8, 4) is 22.4 Å². The first-order chi connectivity index (χ1) is 15.0. The third-order valence-electron chi connectivity index (χ3n) is 6.96. The maximum atomic E-state index is 4.82. The number of hydrogen-bond acceptors (Lipinski definition) is 2.